The van der Waals surface area contributed by atoms with Crippen molar-refractivity contribution in [2.75, 3.05) is 31.1 Å². The molecule has 2 heterocycles. The van der Waals surface area contributed by atoms with Crippen LogP contribution in [0.2, 0.25) is 0 Å². The molecule has 2 aromatic rings. The van der Waals surface area contributed by atoms with E-state index in [0.717, 1.165) is 24.7 Å². The number of benzene rings is 1. The molecule has 0 saturated carbocycles. The summed E-state index contributed by atoms with van der Waals surface area (Å²) in [5.41, 5.74) is 1.25. The smallest absolute Gasteiger partial charge is 0.149 e. The number of nitrogens with zero attached hydrogens (tertiary/aromatic N) is 3. The van der Waals surface area contributed by atoms with Crippen molar-refractivity contribution in [1.29, 1.82) is 0 Å². The first-order chi connectivity index (χ1) is 10.6. The van der Waals surface area contributed by atoms with E-state index in [0.29, 0.717) is 25.3 Å². The van der Waals surface area contributed by atoms with Crippen LogP contribution in [0.1, 0.15) is 5.56 Å². The largest absolute Gasteiger partial charge is 0.367 e. The Morgan fingerprint density at radius 1 is 0.909 bits per heavy atom. The maximum Gasteiger partial charge on any atom is 0.149 e. The first-order valence-electron chi connectivity index (χ1n) is 7.13. The molecular formula is C16H16F3N3. The monoisotopic (exact) mass is 307 g/mol. The topological polar surface area (TPSA) is 19.4 Å². The first-order valence-corrected chi connectivity index (χ1v) is 7.13. The Morgan fingerprint density at radius 2 is 1.68 bits per heavy atom. The van der Waals surface area contributed by atoms with Gasteiger partial charge in [-0.25, -0.2) is 13.2 Å². The van der Waals surface area contributed by atoms with Gasteiger partial charge in [0.25, 0.3) is 0 Å². The molecule has 1 aliphatic heterocycles. The van der Waals surface area contributed by atoms with Crippen LogP contribution in [0, 0.1) is 17.5 Å². The summed E-state index contributed by atoms with van der Waals surface area (Å²) < 4.78 is 39.8. The van der Waals surface area contributed by atoms with E-state index in [1.54, 1.807) is 6.20 Å². The van der Waals surface area contributed by atoms with Crippen molar-refractivity contribution in [1.82, 2.24) is 9.88 Å². The quantitative estimate of drug-likeness (QED) is 0.869. The Bertz CT molecular complexity index is 655. The van der Waals surface area contributed by atoms with Crippen molar-refractivity contribution in [3.63, 3.8) is 0 Å². The number of anilines is 1. The van der Waals surface area contributed by atoms with Gasteiger partial charge in [0.1, 0.15) is 17.5 Å². The highest BCUT2D eigenvalue weighted by Gasteiger charge is 2.20. The molecule has 0 amide bonds. The van der Waals surface area contributed by atoms with Crippen molar-refractivity contribution in [3.8, 4) is 0 Å². The molecule has 0 aliphatic carbocycles. The number of piperazine rings is 1. The van der Waals surface area contributed by atoms with Gasteiger partial charge in [-0.05, 0) is 23.8 Å². The van der Waals surface area contributed by atoms with Crippen LogP contribution in [0.15, 0.2) is 36.7 Å². The molecule has 0 bridgehead atoms. The zero-order valence-corrected chi connectivity index (χ0v) is 12.0. The fourth-order valence-corrected chi connectivity index (χ4v) is 2.69. The molecule has 0 spiro atoms. The van der Waals surface area contributed by atoms with E-state index in [1.165, 1.54) is 24.4 Å². The molecule has 1 aromatic carbocycles. The number of halogens is 3. The number of rotatable bonds is 3. The van der Waals surface area contributed by atoms with Gasteiger partial charge in [0, 0.05) is 45.0 Å². The van der Waals surface area contributed by atoms with Crippen molar-refractivity contribution in [2.45, 2.75) is 6.54 Å². The molecule has 1 fully saturated rings. The summed E-state index contributed by atoms with van der Waals surface area (Å²) in [6.07, 6.45) is 2.83. The third kappa shape index (κ3) is 3.39. The van der Waals surface area contributed by atoms with Crippen molar-refractivity contribution in [2.24, 2.45) is 0 Å². The lowest BCUT2D eigenvalue weighted by Gasteiger charge is -2.36. The highest BCUT2D eigenvalue weighted by atomic mass is 19.1. The average Bonchev–Trinajstić information content (AvgIpc) is 2.48. The predicted molar refractivity (Wildman–Crippen MR) is 78.0 cm³/mol. The van der Waals surface area contributed by atoms with Gasteiger partial charge in [0.05, 0.1) is 11.9 Å². The number of aromatic nitrogens is 1. The molecule has 0 unspecified atom stereocenters. The molecule has 1 aromatic heterocycles. The standard InChI is InChI=1S/C16H16F3N3/c17-13-1-2-16(15(19)8-13)22-5-3-21(4-6-22)11-12-7-14(18)10-20-9-12/h1-2,7-10H,3-6,11H2. The van der Waals surface area contributed by atoms with Crippen LogP contribution in [-0.2, 0) is 6.54 Å². The molecule has 0 atom stereocenters. The SMILES string of the molecule is Fc1cncc(CN2CCN(c3ccc(F)cc3F)CC2)c1. The highest BCUT2D eigenvalue weighted by Crippen LogP contribution is 2.22. The van der Waals surface area contributed by atoms with Gasteiger partial charge in [0.15, 0.2) is 0 Å². The van der Waals surface area contributed by atoms with E-state index in [-0.39, 0.29) is 5.82 Å². The molecule has 3 nitrogen and oxygen atoms in total. The van der Waals surface area contributed by atoms with Crippen LogP contribution in [0.4, 0.5) is 18.9 Å². The molecule has 6 heteroatoms. The van der Waals surface area contributed by atoms with E-state index in [2.05, 4.69) is 9.88 Å². The van der Waals surface area contributed by atoms with E-state index < -0.39 is 11.6 Å². The fraction of sp³-hybridized carbons (Fsp3) is 0.312. The van der Waals surface area contributed by atoms with Crippen LogP contribution < -0.4 is 4.90 Å². The molecule has 3 rings (SSSR count). The summed E-state index contributed by atoms with van der Waals surface area (Å²) in [5.74, 6) is -1.45. The summed E-state index contributed by atoms with van der Waals surface area (Å²) >= 11 is 0. The summed E-state index contributed by atoms with van der Waals surface area (Å²) in [4.78, 5) is 7.89. The minimum absolute atomic E-state index is 0.343. The summed E-state index contributed by atoms with van der Waals surface area (Å²) in [7, 11) is 0. The second-order valence-corrected chi connectivity index (χ2v) is 5.37. The first kappa shape index (κ1) is 14.8. The van der Waals surface area contributed by atoms with Crippen LogP contribution in [0.3, 0.4) is 0 Å². The second-order valence-electron chi connectivity index (χ2n) is 5.37. The number of hydrogen-bond acceptors (Lipinski definition) is 3. The normalized spacial score (nSPS) is 16.0. The van der Waals surface area contributed by atoms with Gasteiger partial charge in [-0.1, -0.05) is 0 Å². The van der Waals surface area contributed by atoms with Crippen LogP contribution in [-0.4, -0.2) is 36.1 Å². The van der Waals surface area contributed by atoms with E-state index in [4.69, 9.17) is 0 Å². The van der Waals surface area contributed by atoms with Gasteiger partial charge in [0.2, 0.25) is 0 Å². The van der Waals surface area contributed by atoms with E-state index in [9.17, 15) is 13.2 Å². The Balaban J connectivity index is 1.60. The van der Waals surface area contributed by atoms with E-state index in [1.807, 2.05) is 4.90 Å². The average molecular weight is 307 g/mol. The minimum Gasteiger partial charge on any atom is -0.367 e. The van der Waals surface area contributed by atoms with Crippen molar-refractivity contribution >= 4 is 5.69 Å². The summed E-state index contributed by atoms with van der Waals surface area (Å²) in [6, 6.07) is 5.11. The molecule has 1 saturated heterocycles. The van der Waals surface area contributed by atoms with Crippen LogP contribution >= 0.6 is 0 Å². The molecule has 0 N–H and O–H groups in total. The van der Waals surface area contributed by atoms with Crippen molar-refractivity contribution < 1.29 is 13.2 Å². The summed E-state index contributed by atoms with van der Waals surface area (Å²) in [6.45, 7) is 3.36. The van der Waals surface area contributed by atoms with Gasteiger partial charge in [-0.15, -0.1) is 0 Å². The summed E-state index contributed by atoms with van der Waals surface area (Å²) in [5, 5.41) is 0. The van der Waals surface area contributed by atoms with Gasteiger partial charge in [-0.3, -0.25) is 9.88 Å². The third-order valence-corrected chi connectivity index (χ3v) is 3.79. The Labute approximate surface area is 127 Å². The number of hydrogen-bond donors (Lipinski definition) is 0. The van der Waals surface area contributed by atoms with Crippen LogP contribution in [0.25, 0.3) is 0 Å². The fourth-order valence-electron chi connectivity index (χ4n) is 2.69. The Morgan fingerprint density at radius 3 is 2.36 bits per heavy atom. The van der Waals surface area contributed by atoms with E-state index >= 15 is 0 Å². The van der Waals surface area contributed by atoms with Crippen molar-refractivity contribution in [3.05, 3.63) is 59.7 Å². The maximum absolute atomic E-state index is 13.8. The predicted octanol–water partition coefficient (Wildman–Crippen LogP) is 2.82. The zero-order valence-electron chi connectivity index (χ0n) is 12.0. The Kier molecular flexibility index (Phi) is 4.29. The van der Waals surface area contributed by atoms with Gasteiger partial charge < -0.3 is 4.90 Å². The number of pyridine rings is 1. The second kappa shape index (κ2) is 6.36. The molecule has 0 radical (unpaired) electrons. The minimum atomic E-state index is -0.571. The van der Waals surface area contributed by atoms with Crippen LogP contribution in [0.5, 0.6) is 0 Å². The zero-order chi connectivity index (χ0) is 15.5. The lowest BCUT2D eigenvalue weighted by Crippen LogP contribution is -2.46. The highest BCUT2D eigenvalue weighted by molar-refractivity contribution is 5.48. The molecule has 1 aliphatic rings. The molecule has 116 valence electrons. The molecular weight excluding hydrogens is 291 g/mol. The van der Waals surface area contributed by atoms with Gasteiger partial charge >= 0.3 is 0 Å². The Hall–Kier alpha value is -2.08. The lowest BCUT2D eigenvalue weighted by atomic mass is 10.2. The third-order valence-electron chi connectivity index (χ3n) is 3.79. The maximum atomic E-state index is 13.8. The van der Waals surface area contributed by atoms with Gasteiger partial charge in [-0.2, -0.15) is 0 Å². The molecule has 22 heavy (non-hydrogen) atoms. The lowest BCUT2D eigenvalue weighted by molar-refractivity contribution is 0.248.